The second-order valence-corrected chi connectivity index (χ2v) is 5.91. The molecule has 3 rings (SSSR count). The molecular weight excluding hydrogens is 232 g/mol. The van der Waals surface area contributed by atoms with E-state index in [4.69, 9.17) is 4.74 Å². The summed E-state index contributed by atoms with van der Waals surface area (Å²) in [5, 5.41) is 10.3. The van der Waals surface area contributed by atoms with Crippen LogP contribution in [0.2, 0.25) is 0 Å². The number of Topliss-reactive ketones (excluding diaryl/α,β-unsaturated/α-hetero) is 1. The van der Waals surface area contributed by atoms with E-state index in [1.54, 1.807) is 6.92 Å². The fourth-order valence-electron chi connectivity index (χ4n) is 3.92. The predicted molar refractivity (Wildman–Crippen MR) is 63.5 cm³/mol. The molecule has 0 radical (unpaired) electrons. The highest BCUT2D eigenvalue weighted by atomic mass is 16.6. The van der Waals surface area contributed by atoms with Gasteiger partial charge in [0.15, 0.2) is 0 Å². The third kappa shape index (κ3) is 1.55. The largest absolute Gasteiger partial charge is 0.461 e. The highest BCUT2D eigenvalue weighted by Crippen LogP contribution is 2.49. The molecule has 1 N–H and O–H groups in total. The van der Waals surface area contributed by atoms with E-state index in [0.29, 0.717) is 19.3 Å². The van der Waals surface area contributed by atoms with Gasteiger partial charge in [0, 0.05) is 24.7 Å². The Hall–Kier alpha value is -1.16. The van der Waals surface area contributed by atoms with Crippen molar-refractivity contribution in [1.29, 1.82) is 0 Å². The molecule has 4 heteroatoms. The highest BCUT2D eigenvalue weighted by molar-refractivity contribution is 5.82. The van der Waals surface area contributed by atoms with Crippen LogP contribution in [0.3, 0.4) is 0 Å². The van der Waals surface area contributed by atoms with Crippen molar-refractivity contribution in [1.82, 2.24) is 0 Å². The molecule has 0 spiro atoms. The minimum Gasteiger partial charge on any atom is -0.461 e. The number of carbonyl (C=O) groups is 2. The molecule has 98 valence electrons. The van der Waals surface area contributed by atoms with Crippen LogP contribution < -0.4 is 0 Å². The summed E-state index contributed by atoms with van der Waals surface area (Å²) in [5.41, 5.74) is 0.941. The Kier molecular flexibility index (Phi) is 2.59. The number of rotatable bonds is 0. The predicted octanol–water partition coefficient (Wildman–Crippen LogP) is 1.08. The fourth-order valence-corrected chi connectivity index (χ4v) is 3.92. The molecule has 4 nitrogen and oxygen atoms in total. The van der Waals surface area contributed by atoms with Crippen molar-refractivity contribution < 1.29 is 19.4 Å². The molecule has 0 aromatic carbocycles. The molecule has 6 atom stereocenters. The lowest BCUT2D eigenvalue weighted by atomic mass is 9.81. The van der Waals surface area contributed by atoms with E-state index in [9.17, 15) is 14.7 Å². The quantitative estimate of drug-likeness (QED) is 0.516. The zero-order valence-corrected chi connectivity index (χ0v) is 10.5. The smallest absolute Gasteiger partial charge is 0.309 e. The van der Waals surface area contributed by atoms with Crippen molar-refractivity contribution in [3.63, 3.8) is 0 Å². The van der Waals surface area contributed by atoms with Gasteiger partial charge in [0.05, 0.1) is 12.0 Å². The molecule has 0 aromatic heterocycles. The molecule has 0 amide bonds. The first-order valence-electron chi connectivity index (χ1n) is 6.57. The van der Waals surface area contributed by atoms with Gasteiger partial charge >= 0.3 is 5.97 Å². The van der Waals surface area contributed by atoms with Crippen molar-refractivity contribution in [3.8, 4) is 0 Å². The topological polar surface area (TPSA) is 63.6 Å². The Morgan fingerprint density at radius 1 is 1.28 bits per heavy atom. The first-order chi connectivity index (χ1) is 8.49. The summed E-state index contributed by atoms with van der Waals surface area (Å²) in [6.07, 6.45) is 0.544. The molecule has 0 unspecified atom stereocenters. The van der Waals surface area contributed by atoms with Gasteiger partial charge in [-0.25, -0.2) is 0 Å². The molecule has 3 fully saturated rings. The van der Waals surface area contributed by atoms with Crippen LogP contribution in [0.15, 0.2) is 12.2 Å². The number of hydrogen-bond acceptors (Lipinski definition) is 4. The minimum atomic E-state index is -0.579. The molecule has 0 aromatic rings. The van der Waals surface area contributed by atoms with E-state index in [2.05, 4.69) is 6.58 Å². The van der Waals surface area contributed by atoms with Crippen LogP contribution >= 0.6 is 0 Å². The Morgan fingerprint density at radius 2 is 2.00 bits per heavy atom. The van der Waals surface area contributed by atoms with Gasteiger partial charge < -0.3 is 9.84 Å². The standard InChI is InChI=1S/C14H18O4/c1-6-3-11(16)12-7(2)14(17)18-13(12)10-5-8(15)4-9(6)10/h7,9-13,16H,1,3-5H2,2H3/t7-,9-,10-,11-,12+,13+/m0/s1. The number of aliphatic hydroxyl groups excluding tert-OH is 1. The lowest BCUT2D eigenvalue weighted by Gasteiger charge is -2.26. The van der Waals surface area contributed by atoms with Gasteiger partial charge in [0.1, 0.15) is 11.9 Å². The summed E-state index contributed by atoms with van der Waals surface area (Å²) in [4.78, 5) is 23.4. The third-order valence-electron chi connectivity index (χ3n) is 4.87. The number of esters is 1. The molecule has 1 heterocycles. The summed E-state index contributed by atoms with van der Waals surface area (Å²) in [5.74, 6) is -0.379. The number of ether oxygens (including phenoxy) is 1. The van der Waals surface area contributed by atoms with Crippen LogP contribution in [0.25, 0.3) is 0 Å². The zero-order chi connectivity index (χ0) is 13.0. The van der Waals surface area contributed by atoms with Crippen molar-refractivity contribution in [2.75, 3.05) is 0 Å². The molecule has 2 aliphatic carbocycles. The maximum absolute atomic E-state index is 11.7. The molecule has 1 saturated heterocycles. The van der Waals surface area contributed by atoms with Crippen molar-refractivity contribution in [3.05, 3.63) is 12.2 Å². The monoisotopic (exact) mass is 250 g/mol. The number of carbonyl (C=O) groups excluding carboxylic acids is 2. The first-order valence-corrected chi connectivity index (χ1v) is 6.57. The van der Waals surface area contributed by atoms with Gasteiger partial charge in [-0.2, -0.15) is 0 Å². The normalized spacial score (nSPS) is 47.6. The number of aliphatic hydroxyl groups is 1. The van der Waals surface area contributed by atoms with Gasteiger partial charge in [-0.1, -0.05) is 19.1 Å². The van der Waals surface area contributed by atoms with Crippen LogP contribution in [0.5, 0.6) is 0 Å². The van der Waals surface area contributed by atoms with Gasteiger partial charge in [-0.15, -0.1) is 0 Å². The third-order valence-corrected chi connectivity index (χ3v) is 4.87. The van der Waals surface area contributed by atoms with E-state index in [-0.39, 0.29) is 41.5 Å². The maximum Gasteiger partial charge on any atom is 0.309 e. The molecule has 1 aliphatic heterocycles. The second-order valence-electron chi connectivity index (χ2n) is 5.91. The molecule has 3 aliphatic rings. The molecular formula is C14H18O4. The van der Waals surface area contributed by atoms with Gasteiger partial charge in [-0.05, 0) is 12.3 Å². The van der Waals surface area contributed by atoms with Gasteiger partial charge in [0.2, 0.25) is 0 Å². The van der Waals surface area contributed by atoms with Gasteiger partial charge in [0.25, 0.3) is 0 Å². The van der Waals surface area contributed by atoms with Crippen LogP contribution in [-0.2, 0) is 14.3 Å². The average Bonchev–Trinajstić information content (AvgIpc) is 2.78. The van der Waals surface area contributed by atoms with Crippen molar-refractivity contribution in [2.24, 2.45) is 23.7 Å². The SMILES string of the molecule is C=C1C[C@H](O)[C@@H]2[C@H](OC(=O)[C@H]2C)[C@H]2CC(=O)C[C@@H]12. The lowest BCUT2D eigenvalue weighted by molar-refractivity contribution is -0.146. The van der Waals surface area contributed by atoms with Crippen LogP contribution in [0.1, 0.15) is 26.2 Å². The number of ketones is 1. The van der Waals surface area contributed by atoms with E-state index >= 15 is 0 Å². The Morgan fingerprint density at radius 3 is 2.72 bits per heavy atom. The summed E-state index contributed by atoms with van der Waals surface area (Å²) >= 11 is 0. The summed E-state index contributed by atoms with van der Waals surface area (Å²) in [7, 11) is 0. The van der Waals surface area contributed by atoms with E-state index < -0.39 is 6.10 Å². The second kappa shape index (κ2) is 3.92. The van der Waals surface area contributed by atoms with Crippen LogP contribution in [-0.4, -0.2) is 29.1 Å². The van der Waals surface area contributed by atoms with E-state index in [1.807, 2.05) is 0 Å². The first kappa shape index (κ1) is 11.9. The number of hydrogen-bond donors (Lipinski definition) is 1. The lowest BCUT2D eigenvalue weighted by Crippen LogP contribution is -2.34. The number of fused-ring (bicyclic) bond motifs is 3. The summed E-state index contributed by atoms with van der Waals surface area (Å²) < 4.78 is 5.45. The highest BCUT2D eigenvalue weighted by Gasteiger charge is 2.55. The molecule has 0 bridgehead atoms. The maximum atomic E-state index is 11.7. The van der Waals surface area contributed by atoms with Crippen LogP contribution in [0.4, 0.5) is 0 Å². The summed E-state index contributed by atoms with van der Waals surface area (Å²) in [6.45, 7) is 5.82. The Bertz CT molecular complexity index is 428. The zero-order valence-electron chi connectivity index (χ0n) is 10.5. The van der Waals surface area contributed by atoms with E-state index in [1.165, 1.54) is 0 Å². The van der Waals surface area contributed by atoms with Crippen molar-refractivity contribution >= 4 is 11.8 Å². The van der Waals surface area contributed by atoms with Crippen LogP contribution in [0, 0.1) is 23.7 Å². The van der Waals surface area contributed by atoms with E-state index in [0.717, 1.165) is 5.57 Å². The minimum absolute atomic E-state index is 0.0287. The summed E-state index contributed by atoms with van der Waals surface area (Å²) in [6, 6.07) is 0. The average molecular weight is 250 g/mol. The Labute approximate surface area is 106 Å². The molecule has 18 heavy (non-hydrogen) atoms. The Balaban J connectivity index is 1.98. The molecule has 2 saturated carbocycles. The van der Waals surface area contributed by atoms with Gasteiger partial charge in [-0.3, -0.25) is 9.59 Å². The van der Waals surface area contributed by atoms with Crippen molar-refractivity contribution in [2.45, 2.75) is 38.4 Å². The fraction of sp³-hybridized carbons (Fsp3) is 0.714.